The largest absolute Gasteiger partial charge is 0.452 e. The predicted molar refractivity (Wildman–Crippen MR) is 137 cm³/mol. The first kappa shape index (κ1) is 23.5. The fourth-order valence-corrected chi connectivity index (χ4v) is 3.69. The standard InChI is InChI=1S/C29H25ClO4/c1-18-5-15-23-24(17-18)33-27(20-9-13-22(30)14-10-20)28(26(23)32)34-25(31)16-8-19-6-11-21(12-7-19)29(2,3)4/h5-17H,1-4H3. The van der Waals surface area contributed by atoms with E-state index in [1.807, 2.05) is 37.3 Å². The summed E-state index contributed by atoms with van der Waals surface area (Å²) in [5.41, 5.74) is 3.62. The topological polar surface area (TPSA) is 56.5 Å². The number of fused-ring (bicyclic) bond motifs is 1. The molecule has 3 aromatic carbocycles. The number of carbonyl (C=O) groups excluding carboxylic acids is 1. The molecule has 4 aromatic rings. The second-order valence-electron chi connectivity index (χ2n) is 9.22. The summed E-state index contributed by atoms with van der Waals surface area (Å²) in [7, 11) is 0. The van der Waals surface area contributed by atoms with Gasteiger partial charge in [-0.15, -0.1) is 0 Å². The SMILES string of the molecule is Cc1ccc2c(=O)c(OC(=O)C=Cc3ccc(C(C)(C)C)cc3)c(-c3ccc(Cl)cc3)oc2c1. The number of benzene rings is 3. The maximum absolute atomic E-state index is 13.3. The Morgan fingerprint density at radius 1 is 0.971 bits per heavy atom. The van der Waals surface area contributed by atoms with Crippen LogP contribution in [0.2, 0.25) is 5.02 Å². The number of rotatable bonds is 4. The number of hydrogen-bond acceptors (Lipinski definition) is 4. The highest BCUT2D eigenvalue weighted by Gasteiger charge is 2.20. The lowest BCUT2D eigenvalue weighted by atomic mass is 9.87. The van der Waals surface area contributed by atoms with Crippen molar-refractivity contribution in [2.24, 2.45) is 0 Å². The van der Waals surface area contributed by atoms with Crippen molar-refractivity contribution in [3.05, 3.63) is 105 Å². The Morgan fingerprint density at radius 2 is 1.65 bits per heavy atom. The summed E-state index contributed by atoms with van der Waals surface area (Å²) in [6, 6.07) is 20.0. The molecule has 4 nitrogen and oxygen atoms in total. The third kappa shape index (κ3) is 5.13. The average Bonchev–Trinajstić information content (AvgIpc) is 2.79. The molecule has 1 aromatic heterocycles. The van der Waals surface area contributed by atoms with Crippen LogP contribution in [0.3, 0.4) is 0 Å². The summed E-state index contributed by atoms with van der Waals surface area (Å²) in [4.78, 5) is 25.9. The molecule has 0 aliphatic carbocycles. The van der Waals surface area contributed by atoms with Gasteiger partial charge in [-0.3, -0.25) is 4.79 Å². The molecule has 0 unspecified atom stereocenters. The Bertz CT molecular complexity index is 1440. The minimum absolute atomic E-state index is 0.0435. The van der Waals surface area contributed by atoms with E-state index in [0.29, 0.717) is 21.6 Å². The Morgan fingerprint density at radius 3 is 2.29 bits per heavy atom. The van der Waals surface area contributed by atoms with Crippen LogP contribution in [0.15, 0.2) is 82.0 Å². The fourth-order valence-electron chi connectivity index (χ4n) is 3.56. The molecule has 0 bridgehead atoms. The number of esters is 1. The molecule has 0 amide bonds. The van der Waals surface area contributed by atoms with E-state index in [1.54, 1.807) is 42.5 Å². The van der Waals surface area contributed by atoms with Crippen molar-refractivity contribution in [1.29, 1.82) is 0 Å². The summed E-state index contributed by atoms with van der Waals surface area (Å²) < 4.78 is 11.6. The Balaban J connectivity index is 1.69. The van der Waals surface area contributed by atoms with Crippen LogP contribution in [0.5, 0.6) is 5.75 Å². The molecule has 0 aliphatic rings. The Labute approximate surface area is 203 Å². The second-order valence-corrected chi connectivity index (χ2v) is 9.66. The van der Waals surface area contributed by atoms with Crippen LogP contribution in [0.25, 0.3) is 28.4 Å². The first-order valence-electron chi connectivity index (χ1n) is 11.0. The normalized spacial score (nSPS) is 11.8. The predicted octanol–water partition coefficient (Wildman–Crippen LogP) is 7.34. The van der Waals surface area contributed by atoms with Crippen molar-refractivity contribution in [3.63, 3.8) is 0 Å². The van der Waals surface area contributed by atoms with E-state index < -0.39 is 11.4 Å². The van der Waals surface area contributed by atoms with Gasteiger partial charge < -0.3 is 9.15 Å². The molecule has 34 heavy (non-hydrogen) atoms. The molecule has 172 valence electrons. The quantitative estimate of drug-likeness (QED) is 0.230. The Hall–Kier alpha value is -3.63. The molecule has 4 rings (SSSR count). The van der Waals surface area contributed by atoms with Crippen LogP contribution < -0.4 is 10.2 Å². The highest BCUT2D eigenvalue weighted by Crippen LogP contribution is 2.32. The van der Waals surface area contributed by atoms with Gasteiger partial charge >= 0.3 is 5.97 Å². The van der Waals surface area contributed by atoms with Gasteiger partial charge in [-0.1, -0.05) is 62.7 Å². The van der Waals surface area contributed by atoms with Gasteiger partial charge in [0.1, 0.15) is 5.58 Å². The lowest BCUT2D eigenvalue weighted by Crippen LogP contribution is -2.14. The summed E-state index contributed by atoms with van der Waals surface area (Å²) >= 11 is 6.02. The third-order valence-electron chi connectivity index (χ3n) is 5.50. The van der Waals surface area contributed by atoms with Crippen molar-refractivity contribution in [3.8, 4) is 17.1 Å². The smallest absolute Gasteiger partial charge is 0.336 e. The first-order valence-corrected chi connectivity index (χ1v) is 11.3. The van der Waals surface area contributed by atoms with Gasteiger partial charge in [-0.25, -0.2) is 4.79 Å². The van der Waals surface area contributed by atoms with Crippen molar-refractivity contribution in [1.82, 2.24) is 0 Å². The van der Waals surface area contributed by atoms with Gasteiger partial charge in [0.15, 0.2) is 5.76 Å². The van der Waals surface area contributed by atoms with Gasteiger partial charge in [-0.05, 0) is 71.5 Å². The molecule has 0 saturated heterocycles. The van der Waals surface area contributed by atoms with Gasteiger partial charge in [0.25, 0.3) is 0 Å². The Kier molecular flexibility index (Phi) is 6.45. The van der Waals surface area contributed by atoms with Crippen molar-refractivity contribution < 1.29 is 13.9 Å². The van der Waals surface area contributed by atoms with E-state index >= 15 is 0 Å². The minimum Gasteiger partial charge on any atom is -0.452 e. The second kappa shape index (κ2) is 9.32. The highest BCUT2D eigenvalue weighted by molar-refractivity contribution is 6.30. The summed E-state index contributed by atoms with van der Waals surface area (Å²) in [6.07, 6.45) is 2.96. The molecule has 0 atom stereocenters. The maximum atomic E-state index is 13.3. The zero-order valence-corrected chi connectivity index (χ0v) is 20.3. The lowest BCUT2D eigenvalue weighted by molar-refractivity contribution is -0.129. The molecular weight excluding hydrogens is 448 g/mol. The van der Waals surface area contributed by atoms with Crippen LogP contribution in [-0.4, -0.2) is 5.97 Å². The molecule has 0 saturated carbocycles. The van der Waals surface area contributed by atoms with Gasteiger partial charge in [-0.2, -0.15) is 0 Å². The molecule has 5 heteroatoms. The number of carbonyl (C=O) groups is 1. The van der Waals surface area contributed by atoms with Crippen LogP contribution in [0, 0.1) is 6.92 Å². The summed E-state index contributed by atoms with van der Waals surface area (Å²) in [6.45, 7) is 8.34. The van der Waals surface area contributed by atoms with E-state index in [1.165, 1.54) is 11.6 Å². The molecule has 0 spiro atoms. The van der Waals surface area contributed by atoms with Crippen molar-refractivity contribution >= 4 is 34.6 Å². The zero-order valence-electron chi connectivity index (χ0n) is 19.5. The third-order valence-corrected chi connectivity index (χ3v) is 5.76. The maximum Gasteiger partial charge on any atom is 0.336 e. The van der Waals surface area contributed by atoms with Gasteiger partial charge in [0, 0.05) is 16.7 Å². The van der Waals surface area contributed by atoms with E-state index in [0.717, 1.165) is 11.1 Å². The number of hydrogen-bond donors (Lipinski definition) is 0. The zero-order chi connectivity index (χ0) is 24.5. The number of aryl methyl sites for hydroxylation is 1. The average molecular weight is 473 g/mol. The van der Waals surface area contributed by atoms with Crippen LogP contribution in [-0.2, 0) is 10.2 Å². The monoisotopic (exact) mass is 472 g/mol. The molecule has 0 fully saturated rings. The molecule has 1 heterocycles. The van der Waals surface area contributed by atoms with Crippen LogP contribution in [0.4, 0.5) is 0 Å². The fraction of sp³-hybridized carbons (Fsp3) is 0.172. The molecular formula is C29H25ClO4. The molecule has 0 aliphatic heterocycles. The van der Waals surface area contributed by atoms with E-state index in [-0.39, 0.29) is 16.9 Å². The summed E-state index contributed by atoms with van der Waals surface area (Å²) in [5.74, 6) is -0.652. The van der Waals surface area contributed by atoms with E-state index in [2.05, 4.69) is 20.8 Å². The van der Waals surface area contributed by atoms with Crippen molar-refractivity contribution in [2.75, 3.05) is 0 Å². The first-order chi connectivity index (χ1) is 16.1. The van der Waals surface area contributed by atoms with Crippen LogP contribution in [0.1, 0.15) is 37.5 Å². The minimum atomic E-state index is -0.672. The van der Waals surface area contributed by atoms with Gasteiger partial charge in [0.05, 0.1) is 5.39 Å². The van der Waals surface area contributed by atoms with Crippen molar-refractivity contribution in [2.45, 2.75) is 33.1 Å². The van der Waals surface area contributed by atoms with E-state index in [4.69, 9.17) is 20.8 Å². The highest BCUT2D eigenvalue weighted by atomic mass is 35.5. The number of ether oxygens (including phenoxy) is 1. The van der Waals surface area contributed by atoms with Gasteiger partial charge in [0.2, 0.25) is 11.2 Å². The van der Waals surface area contributed by atoms with E-state index in [9.17, 15) is 9.59 Å². The lowest BCUT2D eigenvalue weighted by Gasteiger charge is -2.18. The van der Waals surface area contributed by atoms with Crippen LogP contribution >= 0.6 is 11.6 Å². The molecule has 0 N–H and O–H groups in total. The number of halogens is 1. The molecule has 0 radical (unpaired) electrons. The summed E-state index contributed by atoms with van der Waals surface area (Å²) in [5, 5.41) is 0.884.